The highest BCUT2D eigenvalue weighted by Crippen LogP contribution is 2.44. The molecule has 0 amide bonds. The number of benzene rings is 2. The summed E-state index contributed by atoms with van der Waals surface area (Å²) in [4.78, 5) is 0. The van der Waals surface area contributed by atoms with E-state index in [0.29, 0.717) is 15.6 Å². The largest absolute Gasteiger partial charge is 0.458 e. The van der Waals surface area contributed by atoms with Gasteiger partial charge in [-0.15, -0.1) is 0 Å². The number of hydrogen-bond acceptors (Lipinski definition) is 0. The van der Waals surface area contributed by atoms with Gasteiger partial charge >= 0.3 is 12.1 Å². The molecule has 2 aromatic carbocycles. The zero-order valence-electron chi connectivity index (χ0n) is 10.8. The van der Waals surface area contributed by atoms with Gasteiger partial charge in [-0.2, -0.15) is 22.0 Å². The Hall–Kier alpha value is -1.43. The zero-order valence-corrected chi connectivity index (χ0v) is 12.4. The van der Waals surface area contributed by atoms with Crippen molar-refractivity contribution in [3.63, 3.8) is 0 Å². The van der Waals surface area contributed by atoms with Crippen molar-refractivity contribution in [3.8, 4) is 11.1 Å². The summed E-state index contributed by atoms with van der Waals surface area (Å²) in [6.07, 6.45) is -5.62. The van der Waals surface area contributed by atoms with Gasteiger partial charge in [0.2, 0.25) is 0 Å². The highest BCUT2D eigenvalue weighted by Gasteiger charge is 2.58. The number of hydrogen-bond donors (Lipinski definition) is 0. The van der Waals surface area contributed by atoms with Gasteiger partial charge in [-0.3, -0.25) is 0 Å². The molecule has 0 saturated carbocycles. The smallest absolute Gasteiger partial charge is 0.191 e. The molecule has 0 aliphatic heterocycles. The van der Waals surface area contributed by atoms with Crippen molar-refractivity contribution in [2.24, 2.45) is 0 Å². The minimum atomic E-state index is -5.62. The Labute approximate surface area is 126 Å². The third kappa shape index (κ3) is 3.10. The lowest BCUT2D eigenvalue weighted by Gasteiger charge is -2.20. The molecule has 21 heavy (non-hydrogen) atoms. The van der Waals surface area contributed by atoms with Crippen LogP contribution in [0.1, 0.15) is 11.1 Å². The fraction of sp³-hybridized carbons (Fsp3) is 0.200. The average Bonchev–Trinajstić information content (AvgIpc) is 2.40. The molecule has 0 fully saturated rings. The molecule has 0 N–H and O–H groups in total. The van der Waals surface area contributed by atoms with Crippen molar-refractivity contribution in [2.75, 3.05) is 0 Å². The van der Waals surface area contributed by atoms with Crippen molar-refractivity contribution in [2.45, 2.75) is 19.0 Å². The lowest BCUT2D eigenvalue weighted by Crippen LogP contribution is -2.33. The molecule has 0 heterocycles. The van der Waals surface area contributed by atoms with Crippen LogP contribution in [0, 0.1) is 6.92 Å². The van der Waals surface area contributed by atoms with E-state index in [4.69, 9.17) is 0 Å². The quantitative estimate of drug-likeness (QED) is 0.566. The predicted molar refractivity (Wildman–Crippen MR) is 74.3 cm³/mol. The molecule has 0 bridgehead atoms. The number of aryl methyl sites for hydroxylation is 1. The van der Waals surface area contributed by atoms with Crippen LogP contribution in [0.2, 0.25) is 0 Å². The molecule has 0 nitrogen and oxygen atoms in total. The first-order valence-electron chi connectivity index (χ1n) is 5.94. The van der Waals surface area contributed by atoms with Gasteiger partial charge in [-0.1, -0.05) is 51.8 Å². The van der Waals surface area contributed by atoms with Gasteiger partial charge in [0.05, 0.1) is 0 Å². The highest BCUT2D eigenvalue weighted by atomic mass is 79.9. The predicted octanol–water partition coefficient (Wildman–Crippen LogP) is 6.08. The van der Waals surface area contributed by atoms with Crippen molar-refractivity contribution < 1.29 is 22.0 Å². The van der Waals surface area contributed by atoms with Crippen molar-refractivity contribution >= 4 is 15.9 Å². The third-order valence-corrected chi connectivity index (χ3v) is 3.71. The van der Waals surface area contributed by atoms with Crippen LogP contribution in [0.15, 0.2) is 46.9 Å². The van der Waals surface area contributed by atoms with Gasteiger partial charge in [0.25, 0.3) is 0 Å². The fourth-order valence-electron chi connectivity index (χ4n) is 1.91. The highest BCUT2D eigenvalue weighted by molar-refractivity contribution is 9.10. The van der Waals surface area contributed by atoms with Crippen LogP contribution in [0.25, 0.3) is 11.1 Å². The topological polar surface area (TPSA) is 0 Å². The van der Waals surface area contributed by atoms with Crippen LogP contribution in [-0.4, -0.2) is 6.18 Å². The Morgan fingerprint density at radius 1 is 0.905 bits per heavy atom. The third-order valence-electron chi connectivity index (χ3n) is 3.01. The van der Waals surface area contributed by atoms with Gasteiger partial charge in [0.15, 0.2) is 0 Å². The molecule has 112 valence electrons. The van der Waals surface area contributed by atoms with Crippen LogP contribution in [0.3, 0.4) is 0 Å². The maximum atomic E-state index is 13.4. The molecule has 0 unspecified atom stereocenters. The second-order valence-electron chi connectivity index (χ2n) is 4.64. The Kier molecular flexibility index (Phi) is 4.10. The van der Waals surface area contributed by atoms with E-state index in [1.807, 2.05) is 13.0 Å². The van der Waals surface area contributed by atoms with E-state index in [1.165, 1.54) is 12.1 Å². The molecule has 2 rings (SSSR count). The maximum absolute atomic E-state index is 13.4. The second kappa shape index (κ2) is 5.40. The van der Waals surface area contributed by atoms with Gasteiger partial charge in [-0.25, -0.2) is 0 Å². The molecule has 0 aliphatic rings. The van der Waals surface area contributed by atoms with E-state index in [-0.39, 0.29) is 0 Å². The summed E-state index contributed by atoms with van der Waals surface area (Å²) in [7, 11) is 0. The van der Waals surface area contributed by atoms with Gasteiger partial charge in [0.1, 0.15) is 0 Å². The summed E-state index contributed by atoms with van der Waals surface area (Å²) in [6.45, 7) is 1.81. The Balaban J connectivity index is 2.55. The van der Waals surface area contributed by atoms with E-state index in [2.05, 4.69) is 15.9 Å². The summed E-state index contributed by atoms with van der Waals surface area (Å²) in [5.41, 5.74) is 0.670. The first-order chi connectivity index (χ1) is 9.63. The van der Waals surface area contributed by atoms with Crippen molar-refractivity contribution in [1.29, 1.82) is 0 Å². The molecule has 6 heteroatoms. The summed E-state index contributed by atoms with van der Waals surface area (Å²) >= 11 is 3.27. The Morgan fingerprint density at radius 3 is 2.19 bits per heavy atom. The summed E-state index contributed by atoms with van der Waals surface area (Å²) in [5, 5.41) is 0. The molecule has 0 spiro atoms. The van der Waals surface area contributed by atoms with Crippen molar-refractivity contribution in [1.82, 2.24) is 0 Å². The van der Waals surface area contributed by atoms with E-state index in [1.54, 1.807) is 12.1 Å². The molecule has 0 aromatic heterocycles. The first kappa shape index (κ1) is 15.9. The van der Waals surface area contributed by atoms with Gasteiger partial charge < -0.3 is 0 Å². The van der Waals surface area contributed by atoms with Gasteiger partial charge in [-0.05, 0) is 30.2 Å². The maximum Gasteiger partial charge on any atom is 0.458 e. The minimum Gasteiger partial charge on any atom is -0.191 e. The number of alkyl halides is 5. The fourth-order valence-corrected chi connectivity index (χ4v) is 2.38. The van der Waals surface area contributed by atoms with Gasteiger partial charge in [0, 0.05) is 10.0 Å². The lowest BCUT2D eigenvalue weighted by atomic mass is 9.99. The first-order valence-corrected chi connectivity index (χ1v) is 6.74. The molecule has 2 aromatic rings. The Bertz CT molecular complexity index is 661. The number of rotatable bonds is 2. The van der Waals surface area contributed by atoms with E-state index >= 15 is 0 Å². The molecule has 0 aliphatic carbocycles. The minimum absolute atomic E-state index is 0.298. The Morgan fingerprint density at radius 2 is 1.57 bits per heavy atom. The second-order valence-corrected chi connectivity index (χ2v) is 5.49. The average molecular weight is 365 g/mol. The summed E-state index contributed by atoms with van der Waals surface area (Å²) < 4.78 is 64.7. The van der Waals surface area contributed by atoms with Crippen LogP contribution < -0.4 is 0 Å². The van der Waals surface area contributed by atoms with Crippen molar-refractivity contribution in [3.05, 3.63) is 58.1 Å². The zero-order chi connectivity index (χ0) is 15.8. The molecule has 0 atom stereocenters. The normalized spacial score (nSPS) is 12.5. The van der Waals surface area contributed by atoms with Crippen LogP contribution in [0.5, 0.6) is 0 Å². The van der Waals surface area contributed by atoms with Crippen LogP contribution in [-0.2, 0) is 5.92 Å². The van der Waals surface area contributed by atoms with Crippen LogP contribution >= 0.6 is 15.9 Å². The van der Waals surface area contributed by atoms with E-state index in [9.17, 15) is 22.0 Å². The summed E-state index contributed by atoms with van der Waals surface area (Å²) in [5.74, 6) is -4.88. The summed E-state index contributed by atoms with van der Waals surface area (Å²) in [6, 6.07) is 9.58. The lowest BCUT2D eigenvalue weighted by molar-refractivity contribution is -0.289. The molecule has 0 radical (unpaired) electrons. The van der Waals surface area contributed by atoms with Crippen LogP contribution in [0.4, 0.5) is 22.0 Å². The van der Waals surface area contributed by atoms with E-state index < -0.39 is 17.7 Å². The molecular weight excluding hydrogens is 355 g/mol. The molecule has 0 saturated heterocycles. The monoisotopic (exact) mass is 364 g/mol. The SMILES string of the molecule is Cc1ccc(Br)c(-c2cccc(C(F)(F)C(F)(F)F)c2)c1. The number of halogens is 6. The standard InChI is InChI=1S/C15H10BrF5/c1-9-5-6-13(16)12(7-9)10-3-2-4-11(8-10)14(17,18)15(19,20)21/h2-8H,1H3. The van der Waals surface area contributed by atoms with E-state index in [0.717, 1.165) is 17.7 Å². The molecular formula is C15H10BrF5.